The normalized spacial score (nSPS) is 12.2. The van der Waals surface area contributed by atoms with E-state index in [0.29, 0.717) is 16.3 Å². The number of rotatable bonds is 5. The SMILES string of the molecule is CNC(COc1cccc(Cl)c1)c1ccc(F)c(F)c1. The van der Waals surface area contributed by atoms with E-state index < -0.39 is 11.6 Å². The van der Waals surface area contributed by atoms with Gasteiger partial charge in [-0.2, -0.15) is 0 Å². The second-order valence-corrected chi connectivity index (χ2v) is 4.72. The molecule has 0 aliphatic carbocycles. The van der Waals surface area contributed by atoms with Crippen LogP contribution in [-0.4, -0.2) is 13.7 Å². The van der Waals surface area contributed by atoms with Crippen molar-refractivity contribution in [2.45, 2.75) is 6.04 Å². The summed E-state index contributed by atoms with van der Waals surface area (Å²) in [5.41, 5.74) is 0.619. The van der Waals surface area contributed by atoms with Crippen LogP contribution in [0.5, 0.6) is 5.75 Å². The Labute approximate surface area is 121 Å². The van der Waals surface area contributed by atoms with E-state index in [-0.39, 0.29) is 12.6 Å². The largest absolute Gasteiger partial charge is 0.492 e. The van der Waals surface area contributed by atoms with Crippen LogP contribution in [0.3, 0.4) is 0 Å². The molecule has 0 spiro atoms. The van der Waals surface area contributed by atoms with Crippen molar-refractivity contribution in [1.82, 2.24) is 5.32 Å². The summed E-state index contributed by atoms with van der Waals surface area (Å²) in [6.07, 6.45) is 0. The first-order valence-electron chi connectivity index (χ1n) is 6.10. The molecule has 0 radical (unpaired) electrons. The number of nitrogens with one attached hydrogen (secondary N) is 1. The van der Waals surface area contributed by atoms with Crippen LogP contribution in [-0.2, 0) is 0 Å². The monoisotopic (exact) mass is 297 g/mol. The number of hydrogen-bond donors (Lipinski definition) is 1. The third-order valence-electron chi connectivity index (χ3n) is 2.91. The maximum absolute atomic E-state index is 13.2. The average Bonchev–Trinajstić information content (AvgIpc) is 2.43. The first-order valence-corrected chi connectivity index (χ1v) is 6.48. The predicted octanol–water partition coefficient (Wildman–Crippen LogP) is 3.96. The number of hydrogen-bond acceptors (Lipinski definition) is 2. The molecule has 0 fully saturated rings. The zero-order chi connectivity index (χ0) is 14.5. The smallest absolute Gasteiger partial charge is 0.159 e. The molecular formula is C15H14ClF2NO. The van der Waals surface area contributed by atoms with Crippen LogP contribution in [0.4, 0.5) is 8.78 Å². The summed E-state index contributed by atoms with van der Waals surface area (Å²) in [6, 6.07) is 10.6. The van der Waals surface area contributed by atoms with Crippen LogP contribution in [0.15, 0.2) is 42.5 Å². The van der Waals surface area contributed by atoms with Gasteiger partial charge in [0.25, 0.3) is 0 Å². The van der Waals surface area contributed by atoms with E-state index >= 15 is 0 Å². The summed E-state index contributed by atoms with van der Waals surface area (Å²) in [5, 5.41) is 3.58. The van der Waals surface area contributed by atoms with Crippen LogP contribution >= 0.6 is 11.6 Å². The Bertz CT molecular complexity index is 592. The Hall–Kier alpha value is -1.65. The van der Waals surface area contributed by atoms with Crippen molar-refractivity contribution in [1.29, 1.82) is 0 Å². The van der Waals surface area contributed by atoms with Crippen molar-refractivity contribution in [3.05, 3.63) is 64.7 Å². The van der Waals surface area contributed by atoms with Gasteiger partial charge in [-0.15, -0.1) is 0 Å². The minimum Gasteiger partial charge on any atom is -0.492 e. The fourth-order valence-corrected chi connectivity index (χ4v) is 1.99. The van der Waals surface area contributed by atoms with E-state index in [1.807, 2.05) is 0 Å². The fraction of sp³-hybridized carbons (Fsp3) is 0.200. The van der Waals surface area contributed by atoms with Gasteiger partial charge in [-0.1, -0.05) is 23.7 Å². The molecule has 5 heteroatoms. The molecule has 0 saturated heterocycles. The van der Waals surface area contributed by atoms with Crippen molar-refractivity contribution >= 4 is 11.6 Å². The summed E-state index contributed by atoms with van der Waals surface area (Å²) in [4.78, 5) is 0. The molecule has 106 valence electrons. The second-order valence-electron chi connectivity index (χ2n) is 4.28. The van der Waals surface area contributed by atoms with Crippen molar-refractivity contribution in [2.24, 2.45) is 0 Å². The first-order chi connectivity index (χ1) is 9.60. The lowest BCUT2D eigenvalue weighted by molar-refractivity contribution is 0.272. The van der Waals surface area contributed by atoms with Gasteiger partial charge in [0.15, 0.2) is 11.6 Å². The lowest BCUT2D eigenvalue weighted by Gasteiger charge is -2.17. The van der Waals surface area contributed by atoms with E-state index in [9.17, 15) is 8.78 Å². The Balaban J connectivity index is 2.07. The van der Waals surface area contributed by atoms with E-state index in [1.54, 1.807) is 31.3 Å². The third-order valence-corrected chi connectivity index (χ3v) is 3.14. The zero-order valence-electron chi connectivity index (χ0n) is 10.9. The molecule has 1 unspecified atom stereocenters. The van der Waals surface area contributed by atoms with Crippen molar-refractivity contribution in [3.8, 4) is 5.75 Å². The van der Waals surface area contributed by atoms with Crippen molar-refractivity contribution in [2.75, 3.05) is 13.7 Å². The van der Waals surface area contributed by atoms with Gasteiger partial charge in [0.1, 0.15) is 12.4 Å². The number of likely N-dealkylation sites (N-methyl/N-ethyl adjacent to an activating group) is 1. The van der Waals surface area contributed by atoms with Crippen LogP contribution < -0.4 is 10.1 Å². The van der Waals surface area contributed by atoms with E-state index in [0.717, 1.165) is 12.1 Å². The summed E-state index contributed by atoms with van der Waals surface area (Å²) in [7, 11) is 1.73. The van der Waals surface area contributed by atoms with E-state index in [2.05, 4.69) is 5.32 Å². The van der Waals surface area contributed by atoms with Crippen LogP contribution in [0, 0.1) is 11.6 Å². The molecule has 0 aliphatic heterocycles. The molecule has 20 heavy (non-hydrogen) atoms. The molecule has 2 aromatic rings. The van der Waals surface area contributed by atoms with Gasteiger partial charge in [0.05, 0.1) is 6.04 Å². The number of benzene rings is 2. The lowest BCUT2D eigenvalue weighted by Crippen LogP contribution is -2.23. The molecule has 0 bridgehead atoms. The summed E-state index contributed by atoms with van der Waals surface area (Å²) < 4.78 is 31.8. The number of ether oxygens (including phenoxy) is 1. The lowest BCUT2D eigenvalue weighted by atomic mass is 10.1. The van der Waals surface area contributed by atoms with Crippen molar-refractivity contribution < 1.29 is 13.5 Å². The Morgan fingerprint density at radius 3 is 2.60 bits per heavy atom. The Morgan fingerprint density at radius 1 is 1.15 bits per heavy atom. The quantitative estimate of drug-likeness (QED) is 0.902. The minimum absolute atomic E-state index is 0.246. The fourth-order valence-electron chi connectivity index (χ4n) is 1.81. The van der Waals surface area contributed by atoms with Gasteiger partial charge in [0.2, 0.25) is 0 Å². The van der Waals surface area contributed by atoms with Crippen molar-refractivity contribution in [3.63, 3.8) is 0 Å². The van der Waals surface area contributed by atoms with Gasteiger partial charge in [-0.05, 0) is 42.9 Å². The van der Waals surface area contributed by atoms with Gasteiger partial charge in [-0.3, -0.25) is 0 Å². The van der Waals surface area contributed by atoms with Gasteiger partial charge in [-0.25, -0.2) is 8.78 Å². The molecule has 0 aliphatic rings. The van der Waals surface area contributed by atoms with Gasteiger partial charge in [0, 0.05) is 5.02 Å². The Kier molecular flexibility index (Phi) is 4.93. The molecule has 0 heterocycles. The Morgan fingerprint density at radius 2 is 1.95 bits per heavy atom. The van der Waals surface area contributed by atoms with Crippen LogP contribution in [0.2, 0.25) is 5.02 Å². The van der Waals surface area contributed by atoms with E-state index in [1.165, 1.54) is 6.07 Å². The molecule has 0 aromatic heterocycles. The zero-order valence-corrected chi connectivity index (χ0v) is 11.6. The molecule has 0 saturated carbocycles. The molecule has 1 atom stereocenters. The summed E-state index contributed by atoms with van der Waals surface area (Å²) >= 11 is 5.86. The molecular weight excluding hydrogens is 284 g/mol. The minimum atomic E-state index is -0.870. The third kappa shape index (κ3) is 3.68. The molecule has 0 amide bonds. The topological polar surface area (TPSA) is 21.3 Å². The van der Waals surface area contributed by atoms with Gasteiger partial charge < -0.3 is 10.1 Å². The highest BCUT2D eigenvalue weighted by atomic mass is 35.5. The molecule has 2 nitrogen and oxygen atoms in total. The van der Waals surface area contributed by atoms with Crippen LogP contribution in [0.1, 0.15) is 11.6 Å². The first kappa shape index (κ1) is 14.8. The van der Waals surface area contributed by atoms with Gasteiger partial charge >= 0.3 is 0 Å². The maximum atomic E-state index is 13.2. The highest BCUT2D eigenvalue weighted by Gasteiger charge is 2.13. The molecule has 1 N–H and O–H groups in total. The highest BCUT2D eigenvalue weighted by molar-refractivity contribution is 6.30. The predicted molar refractivity (Wildman–Crippen MR) is 75.1 cm³/mol. The van der Waals surface area contributed by atoms with Crippen LogP contribution in [0.25, 0.3) is 0 Å². The molecule has 2 aromatic carbocycles. The van der Waals surface area contributed by atoms with E-state index in [4.69, 9.17) is 16.3 Å². The summed E-state index contributed by atoms with van der Waals surface area (Å²) in [5.74, 6) is -1.11. The summed E-state index contributed by atoms with van der Waals surface area (Å²) in [6.45, 7) is 0.280. The number of halogens is 3. The highest BCUT2D eigenvalue weighted by Crippen LogP contribution is 2.20. The maximum Gasteiger partial charge on any atom is 0.159 e. The second kappa shape index (κ2) is 6.68. The average molecular weight is 298 g/mol. The standard InChI is InChI=1S/C15H14ClF2NO/c1-19-15(10-5-6-13(17)14(18)7-10)9-20-12-4-2-3-11(16)8-12/h2-8,15,19H,9H2,1H3. The molecule has 2 rings (SSSR count).